The van der Waals surface area contributed by atoms with Gasteiger partial charge in [-0.05, 0) is 25.7 Å². The molecule has 0 aromatic carbocycles. The van der Waals surface area contributed by atoms with E-state index in [1.54, 1.807) is 0 Å². The Morgan fingerprint density at radius 3 is 1.29 bits per heavy atom. The van der Waals surface area contributed by atoms with Crippen LogP contribution in [0.25, 0.3) is 0 Å². The fourth-order valence-corrected chi connectivity index (χ4v) is 3.08. The molecule has 0 radical (unpaired) electrons. The van der Waals surface area contributed by atoms with Crippen LogP contribution >= 0.6 is 23.2 Å². The molecule has 2 unspecified atom stereocenters. The first-order valence-corrected chi connectivity index (χ1v) is 10.0. The van der Waals surface area contributed by atoms with Crippen molar-refractivity contribution in [2.75, 3.05) is 0 Å². The molecule has 0 saturated heterocycles. The molecule has 0 aliphatic carbocycles. The summed E-state index contributed by atoms with van der Waals surface area (Å²) in [7, 11) is 0. The summed E-state index contributed by atoms with van der Waals surface area (Å²) in [5.74, 6) is 0. The maximum atomic E-state index is 6.19. The van der Waals surface area contributed by atoms with Gasteiger partial charge in [0.15, 0.2) is 0 Å². The Bertz CT molecular complexity index is 180. The highest BCUT2D eigenvalue weighted by Gasteiger charge is 2.11. The second kappa shape index (κ2) is 16.9. The number of hydrogen-bond donors (Lipinski definition) is 0. The van der Waals surface area contributed by atoms with Crippen molar-refractivity contribution in [1.29, 1.82) is 0 Å². The van der Waals surface area contributed by atoms with Crippen molar-refractivity contribution in [3.63, 3.8) is 0 Å². The van der Waals surface area contributed by atoms with Gasteiger partial charge in [-0.3, -0.25) is 0 Å². The molecule has 0 rings (SSSR count). The van der Waals surface area contributed by atoms with Crippen molar-refractivity contribution in [3.05, 3.63) is 0 Å². The lowest BCUT2D eigenvalue weighted by molar-refractivity contribution is 0.0690. The molecule has 0 aromatic rings. The number of rotatable bonds is 16. The van der Waals surface area contributed by atoms with Crippen molar-refractivity contribution < 1.29 is 4.74 Å². The number of unbranched alkanes of at least 4 members (excludes halogenated alkanes) is 10. The van der Waals surface area contributed by atoms with E-state index in [9.17, 15) is 0 Å². The molecular formula is C18H36Cl2O. The number of alkyl halides is 2. The second-order valence-corrected chi connectivity index (χ2v) is 7.04. The van der Waals surface area contributed by atoms with E-state index in [0.717, 1.165) is 25.7 Å². The van der Waals surface area contributed by atoms with Crippen LogP contribution in [0.15, 0.2) is 0 Å². The Balaban J connectivity index is 3.33. The van der Waals surface area contributed by atoms with E-state index < -0.39 is 0 Å². The average molecular weight is 339 g/mol. The molecule has 0 aliphatic rings. The van der Waals surface area contributed by atoms with Crippen LogP contribution in [0.4, 0.5) is 0 Å². The van der Waals surface area contributed by atoms with Crippen LogP contribution in [0.1, 0.15) is 104 Å². The lowest BCUT2D eigenvalue weighted by Crippen LogP contribution is -2.13. The quantitative estimate of drug-likeness (QED) is 0.207. The zero-order valence-corrected chi connectivity index (χ0v) is 15.7. The highest BCUT2D eigenvalue weighted by atomic mass is 35.5. The summed E-state index contributed by atoms with van der Waals surface area (Å²) >= 11 is 12.4. The zero-order chi connectivity index (χ0) is 15.8. The van der Waals surface area contributed by atoms with Crippen LogP contribution < -0.4 is 0 Å². The summed E-state index contributed by atoms with van der Waals surface area (Å²) in [5, 5.41) is 0. The number of halogens is 2. The normalized spacial score (nSPS) is 14.3. The third-order valence-corrected chi connectivity index (χ3v) is 4.51. The minimum Gasteiger partial charge on any atom is -0.344 e. The van der Waals surface area contributed by atoms with Crippen molar-refractivity contribution in [1.82, 2.24) is 0 Å². The molecule has 1 nitrogen and oxygen atoms in total. The van der Waals surface area contributed by atoms with E-state index in [0.29, 0.717) is 0 Å². The van der Waals surface area contributed by atoms with Crippen molar-refractivity contribution >= 4 is 23.2 Å². The predicted octanol–water partition coefficient (Wildman–Crippen LogP) is 7.63. The average Bonchev–Trinajstić information content (AvgIpc) is 2.46. The van der Waals surface area contributed by atoms with Crippen LogP contribution in [-0.4, -0.2) is 11.1 Å². The Morgan fingerprint density at radius 1 is 0.571 bits per heavy atom. The van der Waals surface area contributed by atoms with E-state index >= 15 is 0 Å². The van der Waals surface area contributed by atoms with Gasteiger partial charge in [-0.15, -0.1) is 0 Å². The summed E-state index contributed by atoms with van der Waals surface area (Å²) in [6.45, 7) is 4.49. The minimum absolute atomic E-state index is 0.209. The SMILES string of the molecule is CCCCCCCCC(Cl)OC(Cl)CCCCCCCC. The number of ether oxygens (including phenoxy) is 1. The molecule has 0 amide bonds. The third-order valence-electron chi connectivity index (χ3n) is 3.86. The fraction of sp³-hybridized carbons (Fsp3) is 1.00. The molecule has 0 aliphatic heterocycles. The summed E-state index contributed by atoms with van der Waals surface area (Å²) in [6, 6.07) is 0. The molecule has 0 fully saturated rings. The number of hydrogen-bond acceptors (Lipinski definition) is 1. The van der Waals surface area contributed by atoms with Crippen LogP contribution in [0.5, 0.6) is 0 Å². The lowest BCUT2D eigenvalue weighted by atomic mass is 10.1. The fourth-order valence-electron chi connectivity index (χ4n) is 2.47. The molecule has 128 valence electrons. The standard InChI is InChI=1S/C18H36Cl2O/c1-3-5-7-9-11-13-15-17(19)21-18(20)16-14-12-10-8-6-4-2/h17-18H,3-16H2,1-2H3. The molecule has 0 saturated carbocycles. The molecule has 3 heteroatoms. The van der Waals surface area contributed by atoms with Gasteiger partial charge >= 0.3 is 0 Å². The molecule has 0 bridgehead atoms. The first-order chi connectivity index (χ1) is 10.2. The van der Waals surface area contributed by atoms with Gasteiger partial charge in [0, 0.05) is 0 Å². The summed E-state index contributed by atoms with van der Waals surface area (Å²) in [6.07, 6.45) is 17.3. The maximum Gasteiger partial charge on any atom is 0.133 e. The second-order valence-electron chi connectivity index (χ2n) is 6.07. The maximum absolute atomic E-state index is 6.19. The van der Waals surface area contributed by atoms with Gasteiger partial charge in [0.05, 0.1) is 0 Å². The largest absolute Gasteiger partial charge is 0.344 e. The Labute approximate surface area is 143 Å². The zero-order valence-electron chi connectivity index (χ0n) is 14.2. The van der Waals surface area contributed by atoms with Gasteiger partial charge in [-0.25, -0.2) is 0 Å². The van der Waals surface area contributed by atoms with Gasteiger partial charge in [-0.2, -0.15) is 0 Å². The van der Waals surface area contributed by atoms with Crippen LogP contribution in [0, 0.1) is 0 Å². The van der Waals surface area contributed by atoms with Crippen LogP contribution in [-0.2, 0) is 4.74 Å². The van der Waals surface area contributed by atoms with E-state index in [-0.39, 0.29) is 11.1 Å². The first-order valence-electron chi connectivity index (χ1n) is 9.14. The van der Waals surface area contributed by atoms with Gasteiger partial charge in [0.2, 0.25) is 0 Å². The smallest absolute Gasteiger partial charge is 0.133 e. The molecule has 0 heterocycles. The summed E-state index contributed by atoms with van der Waals surface area (Å²) < 4.78 is 5.64. The Hall–Kier alpha value is 0.540. The molecule has 2 atom stereocenters. The van der Waals surface area contributed by atoms with Crippen LogP contribution in [0.3, 0.4) is 0 Å². The van der Waals surface area contributed by atoms with Crippen molar-refractivity contribution in [3.8, 4) is 0 Å². The van der Waals surface area contributed by atoms with E-state index in [1.165, 1.54) is 64.2 Å². The van der Waals surface area contributed by atoms with E-state index in [2.05, 4.69) is 13.8 Å². The van der Waals surface area contributed by atoms with Gasteiger partial charge in [0.25, 0.3) is 0 Å². The van der Waals surface area contributed by atoms with E-state index in [1.807, 2.05) is 0 Å². The molecular weight excluding hydrogens is 303 g/mol. The molecule has 0 spiro atoms. The monoisotopic (exact) mass is 338 g/mol. The lowest BCUT2D eigenvalue weighted by Gasteiger charge is -2.16. The van der Waals surface area contributed by atoms with Crippen LogP contribution in [0.2, 0.25) is 0 Å². The highest BCUT2D eigenvalue weighted by Crippen LogP contribution is 2.19. The first kappa shape index (κ1) is 21.5. The minimum atomic E-state index is -0.209. The Morgan fingerprint density at radius 2 is 0.905 bits per heavy atom. The topological polar surface area (TPSA) is 9.23 Å². The highest BCUT2D eigenvalue weighted by molar-refractivity contribution is 6.21. The van der Waals surface area contributed by atoms with Gasteiger partial charge in [0.1, 0.15) is 11.1 Å². The molecule has 21 heavy (non-hydrogen) atoms. The van der Waals surface area contributed by atoms with E-state index in [4.69, 9.17) is 27.9 Å². The molecule has 0 N–H and O–H groups in total. The Kier molecular flexibility index (Phi) is 17.3. The van der Waals surface area contributed by atoms with Crippen molar-refractivity contribution in [2.24, 2.45) is 0 Å². The van der Waals surface area contributed by atoms with Crippen molar-refractivity contribution in [2.45, 2.75) is 115 Å². The predicted molar refractivity (Wildman–Crippen MR) is 96.4 cm³/mol. The van der Waals surface area contributed by atoms with Gasteiger partial charge in [-0.1, -0.05) is 101 Å². The third kappa shape index (κ3) is 16.7. The summed E-state index contributed by atoms with van der Waals surface area (Å²) in [4.78, 5) is 0. The molecule has 0 aromatic heterocycles. The summed E-state index contributed by atoms with van der Waals surface area (Å²) in [5.41, 5.74) is -0.419. The van der Waals surface area contributed by atoms with Gasteiger partial charge < -0.3 is 4.74 Å².